The summed E-state index contributed by atoms with van der Waals surface area (Å²) in [6, 6.07) is 10.2. The third-order valence-corrected chi connectivity index (χ3v) is 4.65. The Morgan fingerprint density at radius 2 is 1.36 bits per heavy atom. The van der Waals surface area contributed by atoms with Crippen LogP contribution in [0.3, 0.4) is 0 Å². The maximum Gasteiger partial charge on any atom is 0.0528 e. The molecule has 2 atom stereocenters. The fraction of sp³-hybridized carbons (Fsp3) is 0.684. The van der Waals surface area contributed by atoms with Crippen molar-refractivity contribution in [3.8, 4) is 0 Å². The SMILES string of the molecule is CCCCCCCCCCCC(Cl)C(N)c1ccccc1.Cl. The van der Waals surface area contributed by atoms with E-state index in [-0.39, 0.29) is 23.8 Å². The summed E-state index contributed by atoms with van der Waals surface area (Å²) in [5, 5.41) is 0.0527. The van der Waals surface area contributed by atoms with Crippen LogP contribution >= 0.6 is 24.0 Å². The predicted octanol–water partition coefficient (Wildman–Crippen LogP) is 6.64. The van der Waals surface area contributed by atoms with Gasteiger partial charge in [0, 0.05) is 6.04 Å². The van der Waals surface area contributed by atoms with E-state index < -0.39 is 0 Å². The number of unbranched alkanes of at least 4 members (excludes halogenated alkanes) is 8. The van der Waals surface area contributed by atoms with E-state index >= 15 is 0 Å². The first-order valence-corrected chi connectivity index (χ1v) is 9.14. The van der Waals surface area contributed by atoms with Gasteiger partial charge in [0.05, 0.1) is 5.38 Å². The molecular weight excluding hydrogens is 313 g/mol. The van der Waals surface area contributed by atoms with Crippen molar-refractivity contribution in [2.45, 2.75) is 82.6 Å². The van der Waals surface area contributed by atoms with Gasteiger partial charge in [0.2, 0.25) is 0 Å². The van der Waals surface area contributed by atoms with Crippen LogP contribution in [0.4, 0.5) is 0 Å². The number of alkyl halides is 1. The van der Waals surface area contributed by atoms with Crippen LogP contribution < -0.4 is 5.73 Å². The van der Waals surface area contributed by atoms with Gasteiger partial charge in [-0.1, -0.05) is 95.0 Å². The molecule has 0 saturated heterocycles. The standard InChI is InChI=1S/C19H32ClN.ClH/c1-2-3-4-5-6-7-8-9-13-16-18(20)19(21)17-14-11-10-12-15-17;/h10-12,14-15,18-19H,2-9,13,16,21H2,1H3;1H. The van der Waals surface area contributed by atoms with Crippen LogP contribution in [-0.4, -0.2) is 5.38 Å². The van der Waals surface area contributed by atoms with Gasteiger partial charge in [-0.15, -0.1) is 24.0 Å². The molecule has 0 heterocycles. The number of rotatable bonds is 12. The maximum atomic E-state index is 6.44. The molecule has 1 aromatic rings. The van der Waals surface area contributed by atoms with E-state index in [4.69, 9.17) is 17.3 Å². The molecule has 0 aliphatic rings. The second kappa shape index (κ2) is 14.4. The zero-order valence-corrected chi connectivity index (χ0v) is 15.5. The summed E-state index contributed by atoms with van der Waals surface area (Å²) >= 11 is 6.44. The molecule has 0 aromatic heterocycles. The number of hydrogen-bond acceptors (Lipinski definition) is 1. The molecule has 0 amide bonds. The third-order valence-electron chi connectivity index (χ3n) is 4.16. The summed E-state index contributed by atoms with van der Waals surface area (Å²) in [6.45, 7) is 2.27. The van der Waals surface area contributed by atoms with E-state index in [9.17, 15) is 0 Å². The van der Waals surface area contributed by atoms with Crippen molar-refractivity contribution in [3.63, 3.8) is 0 Å². The molecule has 2 N–H and O–H groups in total. The molecule has 0 aliphatic heterocycles. The summed E-state index contributed by atoms with van der Waals surface area (Å²) in [4.78, 5) is 0. The summed E-state index contributed by atoms with van der Waals surface area (Å²) in [7, 11) is 0. The first-order chi connectivity index (χ1) is 10.3. The average Bonchev–Trinajstić information content (AvgIpc) is 2.53. The van der Waals surface area contributed by atoms with E-state index in [0.717, 1.165) is 12.0 Å². The third kappa shape index (κ3) is 9.71. The summed E-state index contributed by atoms with van der Waals surface area (Å²) in [5.41, 5.74) is 7.36. The molecule has 128 valence electrons. The fourth-order valence-electron chi connectivity index (χ4n) is 2.71. The van der Waals surface area contributed by atoms with Crippen LogP contribution in [-0.2, 0) is 0 Å². The second-order valence-electron chi connectivity index (χ2n) is 6.07. The van der Waals surface area contributed by atoms with E-state index in [0.29, 0.717) is 0 Å². The van der Waals surface area contributed by atoms with Gasteiger partial charge in [0.1, 0.15) is 0 Å². The first-order valence-electron chi connectivity index (χ1n) is 8.70. The molecule has 22 heavy (non-hydrogen) atoms. The van der Waals surface area contributed by atoms with Gasteiger partial charge in [0.15, 0.2) is 0 Å². The molecule has 3 heteroatoms. The average molecular weight is 346 g/mol. The Bertz CT molecular complexity index is 343. The Hall–Kier alpha value is -0.240. The highest BCUT2D eigenvalue weighted by molar-refractivity contribution is 6.21. The van der Waals surface area contributed by atoms with Gasteiger partial charge < -0.3 is 5.73 Å². The van der Waals surface area contributed by atoms with E-state index in [2.05, 4.69) is 19.1 Å². The predicted molar refractivity (Wildman–Crippen MR) is 102 cm³/mol. The van der Waals surface area contributed by atoms with Crippen LogP contribution in [0.5, 0.6) is 0 Å². The van der Waals surface area contributed by atoms with E-state index in [1.54, 1.807) is 0 Å². The number of benzene rings is 1. The molecule has 0 saturated carbocycles. The van der Waals surface area contributed by atoms with Crippen LogP contribution in [0, 0.1) is 0 Å². The molecule has 0 aliphatic carbocycles. The minimum absolute atomic E-state index is 0. The van der Waals surface area contributed by atoms with E-state index in [1.165, 1.54) is 57.8 Å². The molecule has 0 radical (unpaired) electrons. The van der Waals surface area contributed by atoms with Crippen LogP contribution in [0.2, 0.25) is 0 Å². The molecule has 1 aromatic carbocycles. The van der Waals surface area contributed by atoms with Gasteiger partial charge in [0.25, 0.3) is 0 Å². The molecule has 1 rings (SSSR count). The van der Waals surface area contributed by atoms with Gasteiger partial charge in [-0.2, -0.15) is 0 Å². The lowest BCUT2D eigenvalue weighted by atomic mass is 9.99. The lowest BCUT2D eigenvalue weighted by Crippen LogP contribution is -2.21. The zero-order chi connectivity index (χ0) is 15.3. The van der Waals surface area contributed by atoms with Crippen LogP contribution in [0.1, 0.15) is 82.7 Å². The highest BCUT2D eigenvalue weighted by Gasteiger charge is 2.15. The van der Waals surface area contributed by atoms with E-state index in [1.807, 2.05) is 18.2 Å². The molecule has 0 spiro atoms. The number of halogens is 2. The Balaban J connectivity index is 0.00000441. The largest absolute Gasteiger partial charge is 0.323 e. The van der Waals surface area contributed by atoms with Crippen LogP contribution in [0.15, 0.2) is 30.3 Å². The van der Waals surface area contributed by atoms with Gasteiger partial charge >= 0.3 is 0 Å². The van der Waals surface area contributed by atoms with Crippen molar-refractivity contribution in [1.82, 2.24) is 0 Å². The fourth-order valence-corrected chi connectivity index (χ4v) is 3.01. The highest BCUT2D eigenvalue weighted by atomic mass is 35.5. The molecule has 0 bridgehead atoms. The number of hydrogen-bond donors (Lipinski definition) is 1. The van der Waals surface area contributed by atoms with Gasteiger partial charge in [-0.3, -0.25) is 0 Å². The lowest BCUT2D eigenvalue weighted by molar-refractivity contribution is 0.533. The van der Waals surface area contributed by atoms with Crippen molar-refractivity contribution in [1.29, 1.82) is 0 Å². The van der Waals surface area contributed by atoms with Crippen molar-refractivity contribution >= 4 is 24.0 Å². The zero-order valence-electron chi connectivity index (χ0n) is 14.0. The molecule has 1 nitrogen and oxygen atoms in total. The summed E-state index contributed by atoms with van der Waals surface area (Å²) in [5.74, 6) is 0. The van der Waals surface area contributed by atoms with Crippen molar-refractivity contribution in [2.24, 2.45) is 5.73 Å². The van der Waals surface area contributed by atoms with Crippen LogP contribution in [0.25, 0.3) is 0 Å². The normalized spacial score (nSPS) is 13.4. The van der Waals surface area contributed by atoms with Gasteiger partial charge in [-0.25, -0.2) is 0 Å². The topological polar surface area (TPSA) is 26.0 Å². The molecule has 0 fully saturated rings. The maximum absolute atomic E-state index is 6.44. The Kier molecular flexibility index (Phi) is 14.2. The number of nitrogens with two attached hydrogens (primary N) is 1. The second-order valence-corrected chi connectivity index (χ2v) is 6.63. The lowest BCUT2D eigenvalue weighted by Gasteiger charge is -2.18. The summed E-state index contributed by atoms with van der Waals surface area (Å²) < 4.78 is 0. The quantitative estimate of drug-likeness (QED) is 0.333. The van der Waals surface area contributed by atoms with Gasteiger partial charge in [-0.05, 0) is 12.0 Å². The Morgan fingerprint density at radius 1 is 0.864 bits per heavy atom. The minimum Gasteiger partial charge on any atom is -0.323 e. The van der Waals surface area contributed by atoms with Crippen molar-refractivity contribution < 1.29 is 0 Å². The van der Waals surface area contributed by atoms with Crippen molar-refractivity contribution in [2.75, 3.05) is 0 Å². The Labute approximate surface area is 148 Å². The Morgan fingerprint density at radius 3 is 1.91 bits per heavy atom. The summed E-state index contributed by atoms with van der Waals surface area (Å²) in [6.07, 6.45) is 13.2. The molecule has 2 unspecified atom stereocenters. The molecular formula is C19H33Cl2N. The van der Waals surface area contributed by atoms with Crippen molar-refractivity contribution in [3.05, 3.63) is 35.9 Å². The first kappa shape index (κ1) is 21.8. The monoisotopic (exact) mass is 345 g/mol. The highest BCUT2D eigenvalue weighted by Crippen LogP contribution is 2.23. The smallest absolute Gasteiger partial charge is 0.0528 e. The minimum atomic E-state index is -0.0399.